The van der Waals surface area contributed by atoms with Gasteiger partial charge >= 0.3 is 0 Å². The minimum Gasteiger partial charge on any atom is -0.353 e. The summed E-state index contributed by atoms with van der Waals surface area (Å²) in [6, 6.07) is 6.76. The van der Waals surface area contributed by atoms with E-state index in [1.54, 1.807) is 24.3 Å². The van der Waals surface area contributed by atoms with Crippen LogP contribution in [0.2, 0.25) is 0 Å². The van der Waals surface area contributed by atoms with Gasteiger partial charge in [0.05, 0.1) is 16.5 Å². The zero-order valence-corrected chi connectivity index (χ0v) is 17.1. The van der Waals surface area contributed by atoms with Crippen molar-refractivity contribution in [1.82, 2.24) is 29.8 Å². The number of amides is 1. The summed E-state index contributed by atoms with van der Waals surface area (Å²) in [5.41, 5.74) is 0.569. The second-order valence-corrected chi connectivity index (χ2v) is 9.74. The largest absolute Gasteiger partial charge is 0.353 e. The zero-order valence-electron chi connectivity index (χ0n) is 16.3. The Morgan fingerprint density at radius 2 is 1.93 bits per heavy atom. The lowest BCUT2D eigenvalue weighted by Gasteiger charge is -2.32. The molecule has 0 spiro atoms. The van der Waals surface area contributed by atoms with Crippen LogP contribution < -0.4 is 5.32 Å². The van der Waals surface area contributed by atoms with Crippen molar-refractivity contribution in [2.45, 2.75) is 55.9 Å². The quantitative estimate of drug-likeness (QED) is 0.788. The second kappa shape index (κ2) is 8.58. The van der Waals surface area contributed by atoms with E-state index in [0.717, 1.165) is 32.1 Å². The smallest absolute Gasteiger partial charge is 0.243 e. The Morgan fingerprint density at radius 3 is 2.69 bits per heavy atom. The third-order valence-corrected chi connectivity index (χ3v) is 7.64. The first-order valence-corrected chi connectivity index (χ1v) is 11.6. The number of carbonyl (C=O) groups excluding carboxylic acids is 1. The first-order chi connectivity index (χ1) is 14.0. The Labute approximate surface area is 170 Å². The van der Waals surface area contributed by atoms with Gasteiger partial charge in [0.1, 0.15) is 6.33 Å². The van der Waals surface area contributed by atoms with Gasteiger partial charge in [-0.15, -0.1) is 5.10 Å². The van der Waals surface area contributed by atoms with Crippen molar-refractivity contribution in [3.63, 3.8) is 0 Å². The van der Waals surface area contributed by atoms with Gasteiger partial charge in [-0.05, 0) is 54.3 Å². The third kappa shape index (κ3) is 4.48. The van der Waals surface area contributed by atoms with E-state index >= 15 is 0 Å². The fourth-order valence-electron chi connectivity index (χ4n) is 4.16. The molecule has 0 bridgehead atoms. The van der Waals surface area contributed by atoms with E-state index in [4.69, 9.17) is 0 Å². The Bertz CT molecular complexity index is 941. The lowest BCUT2D eigenvalue weighted by Crippen LogP contribution is -2.47. The molecule has 0 radical (unpaired) electrons. The number of nitrogens with zero attached hydrogens (tertiary/aromatic N) is 5. The molecular weight excluding hydrogens is 392 g/mol. The minimum absolute atomic E-state index is 0.0146. The van der Waals surface area contributed by atoms with Crippen LogP contribution in [0.5, 0.6) is 0 Å². The van der Waals surface area contributed by atoms with E-state index in [2.05, 4.69) is 20.8 Å². The Balaban J connectivity index is 1.47. The van der Waals surface area contributed by atoms with Crippen LogP contribution in [0.25, 0.3) is 5.69 Å². The SMILES string of the molecule is O=C(NC1CCCCC1)C1CCCN(S(=O)(=O)c2cccc(-n3cnnn3)c2)C1. The summed E-state index contributed by atoms with van der Waals surface area (Å²) in [7, 11) is -3.70. The number of tetrazole rings is 1. The minimum atomic E-state index is -3.70. The molecule has 10 heteroatoms. The maximum atomic E-state index is 13.2. The molecule has 2 fully saturated rings. The standard InChI is InChI=1S/C19H26N6O3S/c26-19(21-16-7-2-1-3-8-16)15-6-5-11-24(13-15)29(27,28)18-10-4-9-17(12-18)25-14-20-22-23-25/h4,9-10,12,14-16H,1-3,5-8,11,13H2,(H,21,26). The molecule has 29 heavy (non-hydrogen) atoms. The van der Waals surface area contributed by atoms with Crippen LogP contribution in [0.3, 0.4) is 0 Å². The summed E-state index contributed by atoms with van der Waals surface area (Å²) in [6.45, 7) is 0.640. The topological polar surface area (TPSA) is 110 Å². The average molecular weight is 419 g/mol. The fourth-order valence-corrected chi connectivity index (χ4v) is 5.72. The van der Waals surface area contributed by atoms with Crippen molar-refractivity contribution < 1.29 is 13.2 Å². The number of piperidine rings is 1. The van der Waals surface area contributed by atoms with Gasteiger partial charge in [-0.1, -0.05) is 25.3 Å². The van der Waals surface area contributed by atoms with E-state index in [1.165, 1.54) is 21.7 Å². The van der Waals surface area contributed by atoms with Gasteiger partial charge < -0.3 is 5.32 Å². The molecule has 1 unspecified atom stereocenters. The van der Waals surface area contributed by atoms with Crippen molar-refractivity contribution >= 4 is 15.9 Å². The number of rotatable bonds is 5. The van der Waals surface area contributed by atoms with Crippen LogP contribution in [-0.4, -0.2) is 58.0 Å². The van der Waals surface area contributed by atoms with Crippen LogP contribution in [-0.2, 0) is 14.8 Å². The summed E-state index contributed by atoms with van der Waals surface area (Å²) < 4.78 is 29.2. The zero-order chi connectivity index (χ0) is 20.3. The lowest BCUT2D eigenvalue weighted by atomic mass is 9.93. The van der Waals surface area contributed by atoms with Crippen molar-refractivity contribution in [1.29, 1.82) is 0 Å². The van der Waals surface area contributed by atoms with Crippen LogP contribution >= 0.6 is 0 Å². The predicted molar refractivity (Wildman–Crippen MR) is 106 cm³/mol. The highest BCUT2D eigenvalue weighted by Gasteiger charge is 2.34. The molecule has 9 nitrogen and oxygen atoms in total. The van der Waals surface area contributed by atoms with Gasteiger partial charge in [-0.25, -0.2) is 13.1 Å². The molecule has 2 aliphatic rings. The maximum Gasteiger partial charge on any atom is 0.243 e. The normalized spacial score (nSPS) is 21.7. The van der Waals surface area contributed by atoms with Gasteiger partial charge in [0.2, 0.25) is 15.9 Å². The van der Waals surface area contributed by atoms with Crippen LogP contribution in [0.15, 0.2) is 35.5 Å². The molecule has 1 N–H and O–H groups in total. The fraction of sp³-hybridized carbons (Fsp3) is 0.579. The maximum absolute atomic E-state index is 13.2. The van der Waals surface area contributed by atoms with Gasteiger partial charge in [0.15, 0.2) is 0 Å². The molecule has 156 valence electrons. The summed E-state index contributed by atoms with van der Waals surface area (Å²) in [4.78, 5) is 12.9. The molecule has 1 aromatic heterocycles. The van der Waals surface area contributed by atoms with Gasteiger partial charge in [-0.2, -0.15) is 4.31 Å². The predicted octanol–water partition coefficient (Wildman–Crippen LogP) is 1.51. The molecule has 4 rings (SSSR count). The van der Waals surface area contributed by atoms with Crippen LogP contribution in [0.4, 0.5) is 0 Å². The number of benzene rings is 1. The van der Waals surface area contributed by atoms with Crippen molar-refractivity contribution in [2.75, 3.05) is 13.1 Å². The first kappa shape index (κ1) is 20.0. The highest BCUT2D eigenvalue weighted by atomic mass is 32.2. The molecule has 1 aliphatic carbocycles. The number of carbonyl (C=O) groups is 1. The monoisotopic (exact) mass is 418 g/mol. The van der Waals surface area contributed by atoms with Gasteiger partial charge in [0, 0.05) is 19.1 Å². The summed E-state index contributed by atoms with van der Waals surface area (Å²) in [6.07, 6.45) is 8.37. The Hall–Kier alpha value is -2.33. The van der Waals surface area contributed by atoms with Crippen molar-refractivity contribution in [3.8, 4) is 5.69 Å². The highest BCUT2D eigenvalue weighted by Crippen LogP contribution is 2.26. The second-order valence-electron chi connectivity index (χ2n) is 7.80. The van der Waals surface area contributed by atoms with E-state index in [9.17, 15) is 13.2 Å². The van der Waals surface area contributed by atoms with Crippen LogP contribution in [0, 0.1) is 5.92 Å². The lowest BCUT2D eigenvalue weighted by molar-refractivity contribution is -0.127. The first-order valence-electron chi connectivity index (χ1n) is 10.2. The van der Waals surface area contributed by atoms with E-state index in [-0.39, 0.29) is 29.3 Å². The molecule has 1 saturated heterocycles. The van der Waals surface area contributed by atoms with Crippen LogP contribution in [0.1, 0.15) is 44.9 Å². The van der Waals surface area contributed by atoms with Crippen molar-refractivity contribution in [2.24, 2.45) is 5.92 Å². The molecule has 2 heterocycles. The van der Waals surface area contributed by atoms with Crippen molar-refractivity contribution in [3.05, 3.63) is 30.6 Å². The number of nitrogens with one attached hydrogen (secondary N) is 1. The molecule has 1 aromatic carbocycles. The van der Waals surface area contributed by atoms with E-state index < -0.39 is 10.0 Å². The average Bonchev–Trinajstić information content (AvgIpc) is 3.30. The summed E-state index contributed by atoms with van der Waals surface area (Å²) >= 11 is 0. The molecular formula is C19H26N6O3S. The van der Waals surface area contributed by atoms with Gasteiger partial charge in [-0.3, -0.25) is 4.79 Å². The molecule has 1 atom stereocenters. The Kier molecular flexibility index (Phi) is 5.91. The number of hydrogen-bond donors (Lipinski definition) is 1. The van der Waals surface area contributed by atoms with E-state index in [1.807, 2.05) is 0 Å². The highest BCUT2D eigenvalue weighted by molar-refractivity contribution is 7.89. The molecule has 1 amide bonds. The number of sulfonamides is 1. The molecule has 1 saturated carbocycles. The number of hydrogen-bond acceptors (Lipinski definition) is 6. The third-order valence-electron chi connectivity index (χ3n) is 5.78. The summed E-state index contributed by atoms with van der Waals surface area (Å²) in [5.74, 6) is -0.317. The number of aromatic nitrogens is 4. The Morgan fingerprint density at radius 1 is 1.10 bits per heavy atom. The summed E-state index contributed by atoms with van der Waals surface area (Å²) in [5, 5.41) is 14.1. The van der Waals surface area contributed by atoms with Gasteiger partial charge in [0.25, 0.3) is 0 Å². The molecule has 2 aromatic rings. The molecule has 1 aliphatic heterocycles. The van der Waals surface area contributed by atoms with E-state index in [0.29, 0.717) is 18.7 Å².